The molecular weight excluding hydrogens is 250 g/mol. The fraction of sp³-hybridized carbons (Fsp3) is 0.438. The van der Waals surface area contributed by atoms with E-state index in [2.05, 4.69) is 28.5 Å². The maximum atomic E-state index is 6.09. The lowest BCUT2D eigenvalue weighted by molar-refractivity contribution is 0.162. The molecule has 1 fully saturated rings. The van der Waals surface area contributed by atoms with Gasteiger partial charge in [0.25, 0.3) is 0 Å². The van der Waals surface area contributed by atoms with Crippen molar-refractivity contribution >= 4 is 16.6 Å². The maximum absolute atomic E-state index is 6.09. The average molecular weight is 271 g/mol. The Morgan fingerprint density at radius 2 is 2.00 bits per heavy atom. The fourth-order valence-corrected chi connectivity index (χ4v) is 2.68. The van der Waals surface area contributed by atoms with Crippen LogP contribution in [0.3, 0.4) is 0 Å². The van der Waals surface area contributed by atoms with Crippen molar-refractivity contribution in [1.82, 2.24) is 10.3 Å². The Labute approximate surface area is 119 Å². The topological polar surface area (TPSA) is 37.4 Å². The minimum Gasteiger partial charge on any atom is -0.490 e. The largest absolute Gasteiger partial charge is 0.490 e. The Kier molecular flexibility index (Phi) is 3.74. The molecule has 0 radical (unpaired) electrons. The number of rotatable bonds is 3. The summed E-state index contributed by atoms with van der Waals surface area (Å²) in [5.74, 6) is 1.95. The van der Waals surface area contributed by atoms with Crippen LogP contribution in [0.1, 0.15) is 12.8 Å². The zero-order valence-corrected chi connectivity index (χ0v) is 12.1. The number of pyridine rings is 1. The highest BCUT2D eigenvalue weighted by Gasteiger charge is 2.14. The molecule has 0 bridgehead atoms. The summed E-state index contributed by atoms with van der Waals surface area (Å²) in [6, 6.07) is 8.32. The first-order valence-electron chi connectivity index (χ1n) is 7.17. The van der Waals surface area contributed by atoms with Gasteiger partial charge in [-0.3, -0.25) is 0 Å². The Morgan fingerprint density at radius 1 is 1.20 bits per heavy atom. The van der Waals surface area contributed by atoms with Crippen LogP contribution < -0.4 is 15.0 Å². The molecule has 1 aliphatic rings. The van der Waals surface area contributed by atoms with Crippen molar-refractivity contribution in [2.24, 2.45) is 0 Å². The van der Waals surface area contributed by atoms with Crippen LogP contribution in [0, 0.1) is 0 Å². The smallest absolute Gasteiger partial charge is 0.135 e. The first-order valence-corrected chi connectivity index (χ1v) is 7.17. The van der Waals surface area contributed by atoms with Crippen LogP contribution in [0.4, 0.5) is 5.82 Å². The van der Waals surface area contributed by atoms with Crippen molar-refractivity contribution in [2.75, 3.05) is 32.1 Å². The van der Waals surface area contributed by atoms with E-state index >= 15 is 0 Å². The molecule has 0 aliphatic carbocycles. The minimum atomic E-state index is 0.337. The van der Waals surface area contributed by atoms with Crippen LogP contribution in [-0.4, -0.2) is 38.3 Å². The van der Waals surface area contributed by atoms with Gasteiger partial charge < -0.3 is 15.0 Å². The second kappa shape index (κ2) is 5.67. The summed E-state index contributed by atoms with van der Waals surface area (Å²) in [5.41, 5.74) is 0. The lowest BCUT2D eigenvalue weighted by Crippen LogP contribution is -2.34. The number of piperidine rings is 1. The maximum Gasteiger partial charge on any atom is 0.135 e. The second-order valence-electron chi connectivity index (χ2n) is 5.48. The lowest BCUT2D eigenvalue weighted by Gasteiger charge is -2.24. The zero-order valence-electron chi connectivity index (χ0n) is 12.1. The van der Waals surface area contributed by atoms with E-state index in [1.807, 2.05) is 31.3 Å². The standard InChI is InChI=1S/C16H21N3O/c1-19(2)16-15-4-3-14(11-12(15)5-10-18-16)20-13-6-8-17-9-7-13/h3-5,10-11,13,17H,6-9H2,1-2H3. The first-order chi connectivity index (χ1) is 9.74. The molecule has 2 heterocycles. The number of nitrogens with one attached hydrogen (secondary N) is 1. The SMILES string of the molecule is CN(C)c1nccc2cc(OC3CCNCC3)ccc12. The number of hydrogen-bond donors (Lipinski definition) is 1. The van der Waals surface area contributed by atoms with Crippen LogP contribution >= 0.6 is 0 Å². The Morgan fingerprint density at radius 3 is 2.75 bits per heavy atom. The third kappa shape index (κ3) is 2.70. The Balaban J connectivity index is 1.87. The van der Waals surface area contributed by atoms with Crippen molar-refractivity contribution in [2.45, 2.75) is 18.9 Å². The quantitative estimate of drug-likeness (QED) is 0.930. The molecule has 0 unspecified atom stereocenters. The number of benzene rings is 1. The highest BCUT2D eigenvalue weighted by Crippen LogP contribution is 2.27. The van der Waals surface area contributed by atoms with Gasteiger partial charge in [0, 0.05) is 25.7 Å². The van der Waals surface area contributed by atoms with Gasteiger partial charge in [-0.05, 0) is 55.6 Å². The molecule has 20 heavy (non-hydrogen) atoms. The van der Waals surface area contributed by atoms with Gasteiger partial charge in [-0.15, -0.1) is 0 Å². The molecule has 1 saturated heterocycles. The molecule has 1 aromatic heterocycles. The van der Waals surface area contributed by atoms with Gasteiger partial charge in [0.1, 0.15) is 17.7 Å². The number of ether oxygens (including phenoxy) is 1. The number of aromatic nitrogens is 1. The molecule has 1 aromatic carbocycles. The van der Waals surface area contributed by atoms with E-state index in [9.17, 15) is 0 Å². The second-order valence-corrected chi connectivity index (χ2v) is 5.48. The van der Waals surface area contributed by atoms with Gasteiger partial charge in [-0.25, -0.2) is 4.98 Å². The summed E-state index contributed by atoms with van der Waals surface area (Å²) in [7, 11) is 4.03. The van der Waals surface area contributed by atoms with Gasteiger partial charge in [0.15, 0.2) is 0 Å². The first kappa shape index (κ1) is 13.2. The van der Waals surface area contributed by atoms with Crippen molar-refractivity contribution < 1.29 is 4.74 Å². The predicted octanol–water partition coefficient (Wildman–Crippen LogP) is 2.43. The van der Waals surface area contributed by atoms with Crippen LogP contribution in [0.15, 0.2) is 30.5 Å². The number of nitrogens with zero attached hydrogens (tertiary/aromatic N) is 2. The average Bonchev–Trinajstić information content (AvgIpc) is 2.47. The van der Waals surface area contributed by atoms with E-state index in [1.54, 1.807) is 0 Å². The molecule has 0 amide bonds. The lowest BCUT2D eigenvalue weighted by atomic mass is 10.1. The van der Waals surface area contributed by atoms with E-state index < -0.39 is 0 Å². The molecule has 4 nitrogen and oxygen atoms in total. The summed E-state index contributed by atoms with van der Waals surface area (Å²) < 4.78 is 6.09. The minimum absolute atomic E-state index is 0.337. The van der Waals surface area contributed by atoms with E-state index in [0.29, 0.717) is 6.10 Å². The van der Waals surface area contributed by atoms with Gasteiger partial charge in [-0.2, -0.15) is 0 Å². The number of hydrogen-bond acceptors (Lipinski definition) is 4. The molecule has 0 atom stereocenters. The number of fused-ring (bicyclic) bond motifs is 1. The van der Waals surface area contributed by atoms with Crippen molar-refractivity contribution in [3.63, 3.8) is 0 Å². The highest BCUT2D eigenvalue weighted by atomic mass is 16.5. The molecular formula is C16H21N3O. The summed E-state index contributed by atoms with van der Waals surface area (Å²) in [5, 5.41) is 5.69. The van der Waals surface area contributed by atoms with E-state index in [-0.39, 0.29) is 0 Å². The molecule has 3 rings (SSSR count). The van der Waals surface area contributed by atoms with Crippen molar-refractivity contribution in [3.05, 3.63) is 30.5 Å². The predicted molar refractivity (Wildman–Crippen MR) is 82.6 cm³/mol. The molecule has 4 heteroatoms. The summed E-state index contributed by atoms with van der Waals surface area (Å²) in [6.07, 6.45) is 4.35. The summed E-state index contributed by atoms with van der Waals surface area (Å²) >= 11 is 0. The van der Waals surface area contributed by atoms with Crippen LogP contribution in [0.25, 0.3) is 10.8 Å². The number of anilines is 1. The normalized spacial score (nSPS) is 16.3. The molecule has 1 N–H and O–H groups in total. The van der Waals surface area contributed by atoms with Crippen LogP contribution in [-0.2, 0) is 0 Å². The Bertz CT molecular complexity index is 591. The van der Waals surface area contributed by atoms with Crippen molar-refractivity contribution in [1.29, 1.82) is 0 Å². The summed E-state index contributed by atoms with van der Waals surface area (Å²) in [4.78, 5) is 6.47. The monoisotopic (exact) mass is 271 g/mol. The van der Waals surface area contributed by atoms with Crippen LogP contribution in [0.2, 0.25) is 0 Å². The zero-order chi connectivity index (χ0) is 13.9. The molecule has 0 spiro atoms. The molecule has 2 aromatic rings. The van der Waals surface area contributed by atoms with E-state index in [4.69, 9.17) is 4.74 Å². The van der Waals surface area contributed by atoms with E-state index in [1.165, 1.54) is 5.39 Å². The van der Waals surface area contributed by atoms with Gasteiger partial charge in [-0.1, -0.05) is 0 Å². The van der Waals surface area contributed by atoms with Crippen molar-refractivity contribution in [3.8, 4) is 5.75 Å². The van der Waals surface area contributed by atoms with Crippen LogP contribution in [0.5, 0.6) is 5.75 Å². The molecule has 0 saturated carbocycles. The fourth-order valence-electron chi connectivity index (χ4n) is 2.68. The Hall–Kier alpha value is -1.81. The molecule has 1 aliphatic heterocycles. The van der Waals surface area contributed by atoms with Gasteiger partial charge in [0.2, 0.25) is 0 Å². The highest BCUT2D eigenvalue weighted by molar-refractivity contribution is 5.92. The third-order valence-electron chi connectivity index (χ3n) is 3.73. The van der Waals surface area contributed by atoms with Gasteiger partial charge in [0.05, 0.1) is 0 Å². The van der Waals surface area contributed by atoms with E-state index in [0.717, 1.165) is 42.9 Å². The third-order valence-corrected chi connectivity index (χ3v) is 3.73. The summed E-state index contributed by atoms with van der Waals surface area (Å²) in [6.45, 7) is 2.10. The molecule has 106 valence electrons. The van der Waals surface area contributed by atoms with Gasteiger partial charge >= 0.3 is 0 Å².